The maximum Gasteiger partial charge on any atom is 0.164 e. The number of aromatic nitrogens is 3. The zero-order chi connectivity index (χ0) is 36.6. The van der Waals surface area contributed by atoms with Gasteiger partial charge in [0.25, 0.3) is 0 Å². The minimum absolute atomic E-state index is 0.633. The summed E-state index contributed by atoms with van der Waals surface area (Å²) in [6.45, 7) is 0. The van der Waals surface area contributed by atoms with Crippen molar-refractivity contribution in [3.8, 4) is 78.7 Å². The molecule has 0 fully saturated rings. The minimum Gasteiger partial charge on any atom is -0.208 e. The van der Waals surface area contributed by atoms with E-state index in [0.717, 1.165) is 44.5 Å². The Kier molecular flexibility index (Phi) is 8.36. The van der Waals surface area contributed by atoms with Gasteiger partial charge in [0.2, 0.25) is 0 Å². The summed E-state index contributed by atoms with van der Waals surface area (Å²) < 4.78 is 2.61. The topological polar surface area (TPSA) is 38.7 Å². The highest BCUT2D eigenvalue weighted by molar-refractivity contribution is 7.25. The van der Waals surface area contributed by atoms with E-state index in [1.165, 1.54) is 36.9 Å². The fourth-order valence-electron chi connectivity index (χ4n) is 7.32. The molecule has 0 saturated heterocycles. The lowest BCUT2D eigenvalue weighted by molar-refractivity contribution is 1.07. The van der Waals surface area contributed by atoms with E-state index in [1.807, 2.05) is 29.5 Å². The van der Waals surface area contributed by atoms with Gasteiger partial charge >= 0.3 is 0 Å². The number of benzene rings is 8. The van der Waals surface area contributed by atoms with Crippen LogP contribution in [0.2, 0.25) is 0 Å². The first-order chi connectivity index (χ1) is 27.2. The normalized spacial score (nSPS) is 11.3. The second-order valence-corrected chi connectivity index (χ2v) is 14.7. The number of nitrogens with zero attached hydrogens (tertiary/aromatic N) is 3. The lowest BCUT2D eigenvalue weighted by Crippen LogP contribution is -2.01. The Morgan fingerprint density at radius 2 is 0.655 bits per heavy atom. The number of thiophene rings is 1. The predicted octanol–water partition coefficient (Wildman–Crippen LogP) is 13.9. The SMILES string of the molecule is c1ccc(-c2ccc(-c3ccc(-c4nc(-c5ccc(-c6ccc7c(c6)sc6ccccc67)cc5)nc(-c5ccccc5-c5ccccc5)n4)cc3)cc2)cc1. The molecule has 258 valence electrons. The molecular weight excluding hydrogens is 687 g/mol. The molecule has 55 heavy (non-hydrogen) atoms. The molecule has 3 nitrogen and oxygen atoms in total. The van der Waals surface area contributed by atoms with Crippen molar-refractivity contribution >= 4 is 31.5 Å². The lowest BCUT2D eigenvalue weighted by Gasteiger charge is -2.12. The lowest BCUT2D eigenvalue weighted by atomic mass is 9.98. The van der Waals surface area contributed by atoms with Crippen molar-refractivity contribution < 1.29 is 0 Å². The monoisotopic (exact) mass is 719 g/mol. The quantitative estimate of drug-likeness (QED) is 0.165. The molecule has 8 aromatic carbocycles. The van der Waals surface area contributed by atoms with Crippen molar-refractivity contribution in [1.29, 1.82) is 0 Å². The van der Waals surface area contributed by atoms with Crippen molar-refractivity contribution in [1.82, 2.24) is 15.0 Å². The first-order valence-electron chi connectivity index (χ1n) is 18.4. The van der Waals surface area contributed by atoms with Crippen LogP contribution in [0.25, 0.3) is 98.8 Å². The molecule has 0 saturated carbocycles. The molecule has 4 heteroatoms. The molecule has 0 aliphatic heterocycles. The third-order valence-corrected chi connectivity index (χ3v) is 11.3. The van der Waals surface area contributed by atoms with Crippen molar-refractivity contribution in [2.75, 3.05) is 0 Å². The van der Waals surface area contributed by atoms with Crippen LogP contribution in [-0.2, 0) is 0 Å². The average molecular weight is 720 g/mol. The van der Waals surface area contributed by atoms with Crippen LogP contribution < -0.4 is 0 Å². The third kappa shape index (κ3) is 6.39. The summed E-state index contributed by atoms with van der Waals surface area (Å²) in [4.78, 5) is 15.4. The smallest absolute Gasteiger partial charge is 0.164 e. The highest BCUT2D eigenvalue weighted by Crippen LogP contribution is 2.37. The summed E-state index contributed by atoms with van der Waals surface area (Å²) in [5.41, 5.74) is 12.1. The Morgan fingerprint density at radius 1 is 0.255 bits per heavy atom. The van der Waals surface area contributed by atoms with Crippen LogP contribution in [0.3, 0.4) is 0 Å². The second-order valence-electron chi connectivity index (χ2n) is 13.6. The van der Waals surface area contributed by atoms with Crippen LogP contribution in [0.1, 0.15) is 0 Å². The van der Waals surface area contributed by atoms with Crippen LogP contribution in [0.5, 0.6) is 0 Å². The second kappa shape index (κ2) is 14.1. The fraction of sp³-hybridized carbons (Fsp3) is 0. The maximum absolute atomic E-state index is 5.13. The van der Waals surface area contributed by atoms with Gasteiger partial charge in [-0.15, -0.1) is 11.3 Å². The Labute approximate surface area is 323 Å². The van der Waals surface area contributed by atoms with E-state index < -0.39 is 0 Å². The van der Waals surface area contributed by atoms with E-state index in [9.17, 15) is 0 Å². The molecule has 0 N–H and O–H groups in total. The summed E-state index contributed by atoms with van der Waals surface area (Å²) in [6.07, 6.45) is 0. The van der Waals surface area contributed by atoms with Crippen molar-refractivity contribution in [3.63, 3.8) is 0 Å². The van der Waals surface area contributed by atoms with Gasteiger partial charge in [-0.2, -0.15) is 0 Å². The first-order valence-corrected chi connectivity index (χ1v) is 19.2. The summed E-state index contributed by atoms with van der Waals surface area (Å²) in [7, 11) is 0. The van der Waals surface area contributed by atoms with Crippen LogP contribution >= 0.6 is 11.3 Å². The van der Waals surface area contributed by atoms with E-state index >= 15 is 0 Å². The van der Waals surface area contributed by atoms with Gasteiger partial charge in [0, 0.05) is 36.9 Å². The average Bonchev–Trinajstić information content (AvgIpc) is 3.65. The molecule has 0 spiro atoms. The van der Waals surface area contributed by atoms with E-state index in [-0.39, 0.29) is 0 Å². The van der Waals surface area contributed by atoms with Crippen molar-refractivity contribution in [2.24, 2.45) is 0 Å². The van der Waals surface area contributed by atoms with Crippen LogP contribution in [0.15, 0.2) is 200 Å². The molecule has 2 aromatic heterocycles. The summed E-state index contributed by atoms with van der Waals surface area (Å²) in [6, 6.07) is 70.5. The molecule has 10 rings (SSSR count). The van der Waals surface area contributed by atoms with Gasteiger partial charge in [0.05, 0.1) is 0 Å². The highest BCUT2D eigenvalue weighted by Gasteiger charge is 2.16. The zero-order valence-electron chi connectivity index (χ0n) is 29.8. The fourth-order valence-corrected chi connectivity index (χ4v) is 8.46. The molecule has 0 radical (unpaired) electrons. The number of hydrogen-bond donors (Lipinski definition) is 0. The first kappa shape index (κ1) is 32.6. The molecule has 0 unspecified atom stereocenters. The van der Waals surface area contributed by atoms with Gasteiger partial charge < -0.3 is 0 Å². The summed E-state index contributed by atoms with van der Waals surface area (Å²) in [5.74, 6) is 1.91. The standard InChI is InChI=1S/C51H33N3S/c1-3-11-34(12-4-1)35-19-21-36(22-20-35)37-23-27-40(28-24-37)49-52-50(54-51(53-49)46-17-8-7-15-43(46)39-13-5-2-6-14-39)41-29-25-38(26-30-41)42-31-32-45-44-16-9-10-18-47(44)55-48(45)33-42/h1-33H. The van der Waals surface area contributed by atoms with Gasteiger partial charge in [0.1, 0.15) is 0 Å². The van der Waals surface area contributed by atoms with Crippen LogP contribution in [0.4, 0.5) is 0 Å². The van der Waals surface area contributed by atoms with Gasteiger partial charge in [0.15, 0.2) is 17.5 Å². The van der Waals surface area contributed by atoms with E-state index in [1.54, 1.807) is 0 Å². The molecule has 0 atom stereocenters. The molecule has 0 amide bonds. The van der Waals surface area contributed by atoms with Crippen molar-refractivity contribution in [3.05, 3.63) is 200 Å². The predicted molar refractivity (Wildman–Crippen MR) is 231 cm³/mol. The third-order valence-electron chi connectivity index (χ3n) is 10.2. The van der Waals surface area contributed by atoms with Gasteiger partial charge in [-0.25, -0.2) is 15.0 Å². The molecule has 0 aliphatic rings. The summed E-state index contributed by atoms with van der Waals surface area (Å²) in [5, 5.41) is 2.61. The minimum atomic E-state index is 0.633. The van der Waals surface area contributed by atoms with E-state index in [4.69, 9.17) is 15.0 Å². The van der Waals surface area contributed by atoms with Crippen LogP contribution in [0, 0.1) is 0 Å². The Morgan fingerprint density at radius 3 is 1.25 bits per heavy atom. The van der Waals surface area contributed by atoms with Gasteiger partial charge in [-0.1, -0.05) is 188 Å². The van der Waals surface area contributed by atoms with Crippen LogP contribution in [-0.4, -0.2) is 15.0 Å². The molecule has 10 aromatic rings. The molecule has 2 heterocycles. The maximum atomic E-state index is 5.13. The van der Waals surface area contributed by atoms with Gasteiger partial charge in [-0.05, 0) is 56.6 Å². The summed E-state index contributed by atoms with van der Waals surface area (Å²) >= 11 is 1.84. The Hall–Kier alpha value is -7.01. The Balaban J connectivity index is 1.03. The highest BCUT2D eigenvalue weighted by atomic mass is 32.1. The number of rotatable bonds is 7. The van der Waals surface area contributed by atoms with Crippen molar-refractivity contribution in [2.45, 2.75) is 0 Å². The number of hydrogen-bond acceptors (Lipinski definition) is 4. The largest absolute Gasteiger partial charge is 0.208 e. The molecule has 0 bridgehead atoms. The number of fused-ring (bicyclic) bond motifs is 3. The Bertz CT molecular complexity index is 2930. The molecular formula is C51H33N3S. The van der Waals surface area contributed by atoms with Gasteiger partial charge in [-0.3, -0.25) is 0 Å². The van der Waals surface area contributed by atoms with E-state index in [0.29, 0.717) is 17.5 Å². The molecule has 0 aliphatic carbocycles. The zero-order valence-corrected chi connectivity index (χ0v) is 30.6. The van der Waals surface area contributed by atoms with E-state index in [2.05, 4.69) is 182 Å².